The SMILES string of the molecule is O=C(Oc1ccc2ncnc(Nc3cccc(Cl)c3F)c2n1)N1CCCCC1. The lowest BCUT2D eigenvalue weighted by molar-refractivity contribution is 0.141. The molecule has 1 saturated heterocycles. The molecule has 28 heavy (non-hydrogen) atoms. The molecule has 144 valence electrons. The Hall–Kier alpha value is -3.00. The van der Waals surface area contributed by atoms with Gasteiger partial charge < -0.3 is 15.0 Å². The summed E-state index contributed by atoms with van der Waals surface area (Å²) in [4.78, 5) is 26.6. The molecule has 1 fully saturated rings. The van der Waals surface area contributed by atoms with E-state index in [1.54, 1.807) is 23.1 Å². The van der Waals surface area contributed by atoms with Crippen molar-refractivity contribution in [2.24, 2.45) is 0 Å². The summed E-state index contributed by atoms with van der Waals surface area (Å²) in [5.41, 5.74) is 1.04. The van der Waals surface area contributed by atoms with Crippen LogP contribution in [0.1, 0.15) is 19.3 Å². The Labute approximate surface area is 165 Å². The highest BCUT2D eigenvalue weighted by atomic mass is 35.5. The Morgan fingerprint density at radius 1 is 1.14 bits per heavy atom. The molecule has 1 aliphatic heterocycles. The van der Waals surface area contributed by atoms with Crippen molar-refractivity contribution in [3.05, 3.63) is 47.5 Å². The second-order valence-electron chi connectivity index (χ2n) is 6.38. The lowest BCUT2D eigenvalue weighted by Gasteiger charge is -2.25. The molecule has 0 unspecified atom stereocenters. The van der Waals surface area contributed by atoms with Gasteiger partial charge in [-0.1, -0.05) is 17.7 Å². The van der Waals surface area contributed by atoms with Crippen molar-refractivity contribution in [2.75, 3.05) is 18.4 Å². The van der Waals surface area contributed by atoms with Crippen molar-refractivity contribution < 1.29 is 13.9 Å². The van der Waals surface area contributed by atoms with Gasteiger partial charge in [-0.2, -0.15) is 0 Å². The smallest absolute Gasteiger partial charge is 0.391 e. The van der Waals surface area contributed by atoms with Gasteiger partial charge in [0.05, 0.1) is 16.2 Å². The fourth-order valence-electron chi connectivity index (χ4n) is 3.03. The molecule has 0 radical (unpaired) electrons. The summed E-state index contributed by atoms with van der Waals surface area (Å²) in [6.45, 7) is 1.35. The summed E-state index contributed by atoms with van der Waals surface area (Å²) in [6, 6.07) is 7.85. The predicted molar refractivity (Wildman–Crippen MR) is 103 cm³/mol. The van der Waals surface area contributed by atoms with E-state index in [9.17, 15) is 9.18 Å². The molecule has 1 N–H and O–H groups in total. The third-order valence-corrected chi connectivity index (χ3v) is 4.76. The van der Waals surface area contributed by atoms with E-state index >= 15 is 0 Å². The Balaban J connectivity index is 1.62. The van der Waals surface area contributed by atoms with Crippen molar-refractivity contribution in [3.8, 4) is 5.88 Å². The van der Waals surface area contributed by atoms with Crippen molar-refractivity contribution >= 4 is 40.2 Å². The zero-order valence-electron chi connectivity index (χ0n) is 14.9. The third-order valence-electron chi connectivity index (χ3n) is 4.47. The van der Waals surface area contributed by atoms with Crippen LogP contribution in [0.2, 0.25) is 5.02 Å². The van der Waals surface area contributed by atoms with Gasteiger partial charge in [0.2, 0.25) is 5.88 Å². The van der Waals surface area contributed by atoms with E-state index in [4.69, 9.17) is 16.3 Å². The van der Waals surface area contributed by atoms with Gasteiger partial charge >= 0.3 is 6.09 Å². The number of anilines is 2. The standard InChI is InChI=1S/C19H17ClFN5O2/c20-12-5-4-6-13(16(12)21)24-18-17-14(22-11-23-18)7-8-15(25-17)28-19(27)26-9-2-1-3-10-26/h4-8,11H,1-3,9-10H2,(H,22,23,24). The molecule has 1 aromatic carbocycles. The minimum Gasteiger partial charge on any atom is -0.391 e. The molecule has 2 aromatic heterocycles. The number of nitrogens with zero attached hydrogens (tertiary/aromatic N) is 4. The van der Waals surface area contributed by atoms with E-state index in [1.807, 2.05) is 0 Å². The zero-order valence-corrected chi connectivity index (χ0v) is 15.6. The lowest BCUT2D eigenvalue weighted by atomic mass is 10.1. The van der Waals surface area contributed by atoms with Crippen LogP contribution in [0.5, 0.6) is 5.88 Å². The van der Waals surface area contributed by atoms with Crippen LogP contribution in [-0.2, 0) is 0 Å². The normalized spacial score (nSPS) is 14.1. The summed E-state index contributed by atoms with van der Waals surface area (Å²) in [6.07, 6.45) is 3.96. The molecule has 0 bridgehead atoms. The average Bonchev–Trinajstić information content (AvgIpc) is 2.72. The van der Waals surface area contributed by atoms with Gasteiger partial charge in [0, 0.05) is 19.2 Å². The Morgan fingerprint density at radius 3 is 2.79 bits per heavy atom. The van der Waals surface area contributed by atoms with Gasteiger partial charge in [-0.05, 0) is 37.5 Å². The quantitative estimate of drug-likeness (QED) is 0.693. The number of piperidine rings is 1. The molecule has 4 rings (SSSR count). The molecular weight excluding hydrogens is 385 g/mol. The number of fused-ring (bicyclic) bond motifs is 1. The lowest BCUT2D eigenvalue weighted by Crippen LogP contribution is -2.37. The first-order chi connectivity index (χ1) is 13.6. The van der Waals surface area contributed by atoms with E-state index in [0.29, 0.717) is 24.1 Å². The van der Waals surface area contributed by atoms with Gasteiger partial charge in [0.15, 0.2) is 11.6 Å². The predicted octanol–water partition coefficient (Wildman–Crippen LogP) is 4.55. The molecule has 3 aromatic rings. The summed E-state index contributed by atoms with van der Waals surface area (Å²) in [7, 11) is 0. The number of pyridine rings is 1. The minimum absolute atomic E-state index is 0.00697. The Morgan fingerprint density at radius 2 is 1.96 bits per heavy atom. The van der Waals surface area contributed by atoms with Crippen molar-refractivity contribution in [1.82, 2.24) is 19.9 Å². The van der Waals surface area contributed by atoms with E-state index < -0.39 is 11.9 Å². The maximum atomic E-state index is 14.2. The summed E-state index contributed by atoms with van der Waals surface area (Å²) in [5.74, 6) is -0.182. The first kappa shape index (κ1) is 18.4. The Kier molecular flexibility index (Phi) is 5.21. The maximum Gasteiger partial charge on any atom is 0.416 e. The van der Waals surface area contributed by atoms with Gasteiger partial charge in [-0.15, -0.1) is 0 Å². The highest BCUT2D eigenvalue weighted by molar-refractivity contribution is 6.31. The van der Waals surface area contributed by atoms with Crippen LogP contribution in [0, 0.1) is 5.82 Å². The van der Waals surface area contributed by atoms with Gasteiger partial charge in [-0.3, -0.25) is 0 Å². The minimum atomic E-state index is -0.594. The molecular formula is C19H17ClFN5O2. The summed E-state index contributed by atoms with van der Waals surface area (Å²) in [5, 5.41) is 2.87. The third kappa shape index (κ3) is 3.82. The van der Waals surface area contributed by atoms with Crippen LogP contribution in [0.15, 0.2) is 36.7 Å². The molecule has 0 atom stereocenters. The summed E-state index contributed by atoms with van der Waals surface area (Å²) < 4.78 is 19.6. The van der Waals surface area contributed by atoms with Crippen LogP contribution in [-0.4, -0.2) is 39.0 Å². The number of amides is 1. The Bertz CT molecular complexity index is 1030. The zero-order chi connectivity index (χ0) is 19.5. The number of carbonyl (C=O) groups excluding carboxylic acids is 1. The molecule has 3 heterocycles. The summed E-state index contributed by atoms with van der Waals surface area (Å²) >= 11 is 5.83. The van der Waals surface area contributed by atoms with E-state index in [2.05, 4.69) is 20.3 Å². The average molecular weight is 402 g/mol. The number of rotatable bonds is 3. The molecule has 9 heteroatoms. The highest BCUT2D eigenvalue weighted by Crippen LogP contribution is 2.28. The second-order valence-corrected chi connectivity index (χ2v) is 6.79. The fourth-order valence-corrected chi connectivity index (χ4v) is 3.20. The molecule has 1 amide bonds. The van der Waals surface area contributed by atoms with Crippen LogP contribution < -0.4 is 10.1 Å². The number of carbonyl (C=O) groups is 1. The van der Waals surface area contributed by atoms with E-state index in [1.165, 1.54) is 18.5 Å². The van der Waals surface area contributed by atoms with Crippen molar-refractivity contribution in [3.63, 3.8) is 0 Å². The van der Waals surface area contributed by atoms with Crippen molar-refractivity contribution in [2.45, 2.75) is 19.3 Å². The van der Waals surface area contributed by atoms with Crippen LogP contribution in [0.25, 0.3) is 11.0 Å². The first-order valence-corrected chi connectivity index (χ1v) is 9.29. The number of hydrogen-bond acceptors (Lipinski definition) is 6. The number of aromatic nitrogens is 3. The second kappa shape index (κ2) is 7.93. The number of benzene rings is 1. The maximum absolute atomic E-state index is 14.2. The molecule has 1 aliphatic rings. The number of halogens is 2. The largest absolute Gasteiger partial charge is 0.416 e. The van der Waals surface area contributed by atoms with Crippen LogP contribution in [0.3, 0.4) is 0 Å². The van der Waals surface area contributed by atoms with Crippen LogP contribution in [0.4, 0.5) is 20.7 Å². The van der Waals surface area contributed by atoms with Gasteiger partial charge in [-0.25, -0.2) is 24.1 Å². The van der Waals surface area contributed by atoms with E-state index in [-0.39, 0.29) is 22.4 Å². The number of likely N-dealkylation sites (tertiary alicyclic amines) is 1. The van der Waals surface area contributed by atoms with Crippen molar-refractivity contribution in [1.29, 1.82) is 0 Å². The molecule has 0 spiro atoms. The number of nitrogens with one attached hydrogen (secondary N) is 1. The molecule has 0 saturated carbocycles. The monoisotopic (exact) mass is 401 g/mol. The number of ether oxygens (including phenoxy) is 1. The molecule has 0 aliphatic carbocycles. The molecule has 7 nitrogen and oxygen atoms in total. The number of hydrogen-bond donors (Lipinski definition) is 1. The van der Waals surface area contributed by atoms with Gasteiger partial charge in [0.1, 0.15) is 11.8 Å². The topological polar surface area (TPSA) is 80.2 Å². The fraction of sp³-hybridized carbons (Fsp3) is 0.263. The van der Waals surface area contributed by atoms with Crippen LogP contribution >= 0.6 is 11.6 Å². The van der Waals surface area contributed by atoms with Gasteiger partial charge in [0.25, 0.3) is 0 Å². The first-order valence-electron chi connectivity index (χ1n) is 8.91. The van der Waals surface area contributed by atoms with E-state index in [0.717, 1.165) is 19.3 Å². The highest BCUT2D eigenvalue weighted by Gasteiger charge is 2.19.